The van der Waals surface area contributed by atoms with Gasteiger partial charge in [0, 0.05) is 24.1 Å². The van der Waals surface area contributed by atoms with Crippen LogP contribution in [0.4, 0.5) is 11.4 Å². The number of nitrogens with zero attached hydrogens (tertiary/aromatic N) is 1. The zero-order chi connectivity index (χ0) is 11.8. The van der Waals surface area contributed by atoms with Gasteiger partial charge >= 0.3 is 0 Å². The molecule has 0 atom stereocenters. The van der Waals surface area contributed by atoms with Crippen LogP contribution in [-0.2, 0) is 0 Å². The number of nitrogens with one attached hydrogen (secondary N) is 1. The van der Waals surface area contributed by atoms with Gasteiger partial charge in [0.25, 0.3) is 0 Å². The van der Waals surface area contributed by atoms with Crippen molar-refractivity contribution in [2.24, 2.45) is 0 Å². The van der Waals surface area contributed by atoms with E-state index in [1.54, 1.807) is 0 Å². The van der Waals surface area contributed by atoms with E-state index in [-0.39, 0.29) is 0 Å². The number of aliphatic hydroxyl groups is 1. The Hall–Kier alpha value is -0.740. The number of rotatable bonds is 2. The average Bonchev–Trinajstić information content (AvgIpc) is 2.15. The molecule has 1 aliphatic heterocycles. The quantitative estimate of drug-likeness (QED) is 0.876. The lowest BCUT2D eigenvalue weighted by molar-refractivity contribution is 0.0874. The maximum absolute atomic E-state index is 9.91. The van der Waals surface area contributed by atoms with Crippen LogP contribution in [0.15, 0.2) is 22.7 Å². The molecule has 0 saturated heterocycles. The van der Waals surface area contributed by atoms with Crippen LogP contribution in [0.5, 0.6) is 0 Å². The van der Waals surface area contributed by atoms with E-state index in [4.69, 9.17) is 0 Å². The number of hydrogen-bond donors (Lipinski definition) is 2. The van der Waals surface area contributed by atoms with Crippen molar-refractivity contribution in [3.05, 3.63) is 22.7 Å². The molecule has 0 saturated carbocycles. The summed E-state index contributed by atoms with van der Waals surface area (Å²) in [6, 6.07) is 6.11. The molecule has 2 N–H and O–H groups in total. The predicted octanol–water partition coefficient (Wildman–Crippen LogP) is 2.45. The van der Waals surface area contributed by atoms with Crippen LogP contribution >= 0.6 is 15.9 Å². The molecular weight excluding hydrogens is 268 g/mol. The van der Waals surface area contributed by atoms with E-state index in [1.165, 1.54) is 0 Å². The molecule has 0 bridgehead atoms. The van der Waals surface area contributed by atoms with Crippen molar-refractivity contribution in [2.45, 2.75) is 19.4 Å². The van der Waals surface area contributed by atoms with Gasteiger partial charge in [-0.2, -0.15) is 0 Å². The molecule has 0 aromatic heterocycles. The highest BCUT2D eigenvalue weighted by Crippen LogP contribution is 2.36. The summed E-state index contributed by atoms with van der Waals surface area (Å²) < 4.78 is 1.07. The summed E-state index contributed by atoms with van der Waals surface area (Å²) in [7, 11) is 0. The fraction of sp³-hybridized carbons (Fsp3) is 0.500. The van der Waals surface area contributed by atoms with Crippen molar-refractivity contribution >= 4 is 27.3 Å². The molecule has 0 spiro atoms. The van der Waals surface area contributed by atoms with Gasteiger partial charge in [-0.3, -0.25) is 0 Å². The van der Waals surface area contributed by atoms with E-state index >= 15 is 0 Å². The summed E-state index contributed by atoms with van der Waals surface area (Å²) in [5.74, 6) is 0. The number of halogens is 1. The zero-order valence-electron chi connectivity index (χ0n) is 9.63. The number of para-hydroxylation sites is 1. The molecule has 4 heteroatoms. The van der Waals surface area contributed by atoms with E-state index in [0.717, 1.165) is 28.9 Å². The van der Waals surface area contributed by atoms with Gasteiger partial charge in [0.05, 0.1) is 17.0 Å². The van der Waals surface area contributed by atoms with Crippen LogP contribution < -0.4 is 10.2 Å². The van der Waals surface area contributed by atoms with Crippen LogP contribution in [-0.4, -0.2) is 30.3 Å². The van der Waals surface area contributed by atoms with Crippen LogP contribution in [0.1, 0.15) is 13.8 Å². The Morgan fingerprint density at radius 3 is 2.94 bits per heavy atom. The third-order valence-electron chi connectivity index (χ3n) is 2.58. The van der Waals surface area contributed by atoms with E-state index in [1.807, 2.05) is 26.0 Å². The minimum absolute atomic E-state index is 0.643. The molecule has 3 nitrogen and oxygen atoms in total. The highest BCUT2D eigenvalue weighted by atomic mass is 79.9. The lowest BCUT2D eigenvalue weighted by Gasteiger charge is -2.36. The molecule has 0 fully saturated rings. The molecule has 0 aliphatic carbocycles. The van der Waals surface area contributed by atoms with Gasteiger partial charge in [0.2, 0.25) is 0 Å². The van der Waals surface area contributed by atoms with Gasteiger partial charge in [-0.05, 0) is 41.9 Å². The number of hydrogen-bond acceptors (Lipinski definition) is 3. The van der Waals surface area contributed by atoms with E-state index in [2.05, 4.69) is 32.2 Å². The Kier molecular flexibility index (Phi) is 3.13. The summed E-state index contributed by atoms with van der Waals surface area (Å²) in [6.07, 6.45) is 0. The SMILES string of the molecule is CC(C)(O)CN1CCNc2cccc(Br)c21. The van der Waals surface area contributed by atoms with Gasteiger partial charge in [0.1, 0.15) is 0 Å². The molecular formula is C12H17BrN2O. The van der Waals surface area contributed by atoms with E-state index in [0.29, 0.717) is 6.54 Å². The predicted molar refractivity (Wildman–Crippen MR) is 71.1 cm³/mol. The fourth-order valence-electron chi connectivity index (χ4n) is 2.04. The van der Waals surface area contributed by atoms with Gasteiger partial charge in [-0.1, -0.05) is 6.07 Å². The van der Waals surface area contributed by atoms with Gasteiger partial charge < -0.3 is 15.3 Å². The van der Waals surface area contributed by atoms with Crippen LogP contribution in [0, 0.1) is 0 Å². The number of β-amino-alcohol motifs (C(OH)–C–C–N with tert-alkyl or cyclic N) is 1. The third-order valence-corrected chi connectivity index (χ3v) is 3.22. The van der Waals surface area contributed by atoms with E-state index in [9.17, 15) is 5.11 Å². The minimum atomic E-state index is -0.677. The summed E-state index contributed by atoms with van der Waals surface area (Å²) in [5, 5.41) is 13.3. The number of fused-ring (bicyclic) bond motifs is 1. The second kappa shape index (κ2) is 4.26. The van der Waals surface area contributed by atoms with Crippen molar-refractivity contribution in [3.8, 4) is 0 Å². The summed E-state index contributed by atoms with van der Waals surface area (Å²) in [5.41, 5.74) is 1.60. The molecule has 1 heterocycles. The molecule has 0 amide bonds. The van der Waals surface area contributed by atoms with Crippen molar-refractivity contribution in [1.82, 2.24) is 0 Å². The van der Waals surface area contributed by atoms with Crippen LogP contribution in [0.2, 0.25) is 0 Å². The standard InChI is InChI=1S/C12H17BrN2O/c1-12(2,16)8-15-7-6-14-10-5-3-4-9(13)11(10)15/h3-5,14,16H,6-8H2,1-2H3. The summed E-state index contributed by atoms with van der Waals surface area (Å²) >= 11 is 3.57. The number of anilines is 2. The largest absolute Gasteiger partial charge is 0.389 e. The Morgan fingerprint density at radius 1 is 1.50 bits per heavy atom. The van der Waals surface area contributed by atoms with Crippen molar-refractivity contribution < 1.29 is 5.11 Å². The van der Waals surface area contributed by atoms with Crippen molar-refractivity contribution in [3.63, 3.8) is 0 Å². The first-order valence-electron chi connectivity index (χ1n) is 5.47. The first-order valence-corrected chi connectivity index (χ1v) is 6.26. The summed E-state index contributed by atoms with van der Waals surface area (Å²) in [4.78, 5) is 2.22. The lowest BCUT2D eigenvalue weighted by atomic mass is 10.1. The fourth-order valence-corrected chi connectivity index (χ4v) is 2.66. The molecule has 2 rings (SSSR count). The molecule has 88 valence electrons. The Labute approximate surface area is 105 Å². The van der Waals surface area contributed by atoms with Gasteiger partial charge in [-0.25, -0.2) is 0 Å². The molecule has 1 aliphatic rings. The highest BCUT2D eigenvalue weighted by Gasteiger charge is 2.24. The maximum atomic E-state index is 9.91. The maximum Gasteiger partial charge on any atom is 0.0765 e. The highest BCUT2D eigenvalue weighted by molar-refractivity contribution is 9.10. The first-order chi connectivity index (χ1) is 7.47. The van der Waals surface area contributed by atoms with E-state index < -0.39 is 5.60 Å². The monoisotopic (exact) mass is 284 g/mol. The second-order valence-corrected chi connectivity index (χ2v) is 5.65. The summed E-state index contributed by atoms with van der Waals surface area (Å²) in [6.45, 7) is 6.15. The Balaban J connectivity index is 2.32. The molecule has 0 radical (unpaired) electrons. The zero-order valence-corrected chi connectivity index (χ0v) is 11.2. The van der Waals surface area contributed by atoms with Gasteiger partial charge in [0.15, 0.2) is 0 Å². The topological polar surface area (TPSA) is 35.5 Å². The van der Waals surface area contributed by atoms with Crippen LogP contribution in [0.25, 0.3) is 0 Å². The first kappa shape index (κ1) is 11.7. The average molecular weight is 285 g/mol. The molecule has 1 aromatic rings. The Bertz CT molecular complexity index is 387. The normalized spacial score (nSPS) is 15.6. The lowest BCUT2D eigenvalue weighted by Crippen LogP contribution is -2.43. The molecule has 0 unspecified atom stereocenters. The van der Waals surface area contributed by atoms with Crippen molar-refractivity contribution in [1.29, 1.82) is 0 Å². The second-order valence-electron chi connectivity index (χ2n) is 4.80. The minimum Gasteiger partial charge on any atom is -0.389 e. The smallest absolute Gasteiger partial charge is 0.0765 e. The van der Waals surface area contributed by atoms with Crippen LogP contribution in [0.3, 0.4) is 0 Å². The Morgan fingerprint density at radius 2 is 2.25 bits per heavy atom. The molecule has 16 heavy (non-hydrogen) atoms. The molecule has 1 aromatic carbocycles. The number of benzene rings is 1. The van der Waals surface area contributed by atoms with Gasteiger partial charge in [-0.15, -0.1) is 0 Å². The third kappa shape index (κ3) is 2.50. The van der Waals surface area contributed by atoms with Crippen molar-refractivity contribution in [2.75, 3.05) is 29.9 Å².